The fourth-order valence-corrected chi connectivity index (χ4v) is 10.2. The van der Waals surface area contributed by atoms with Crippen molar-refractivity contribution >= 4 is 17.9 Å². The molecule has 0 aliphatic rings. The van der Waals surface area contributed by atoms with Gasteiger partial charge in [-0.2, -0.15) is 0 Å². The van der Waals surface area contributed by atoms with Crippen LogP contribution in [0.4, 0.5) is 0 Å². The zero-order valence-electron chi connectivity index (χ0n) is 54.9. The lowest BCUT2D eigenvalue weighted by Gasteiger charge is -2.18. The standard InChI is InChI=1S/C77H134O6/c1-4-7-10-13-16-19-22-25-27-29-31-33-35-36-37-38-39-40-42-43-45-47-49-52-55-58-61-64-67-70-76(79)82-73-74(72-81-75(78)69-66-63-60-57-54-51-24-21-18-15-12-9-6-3)83-77(80)71-68-65-62-59-56-53-50-48-46-44-41-34-32-30-28-26-23-20-17-14-11-8-5-2/h7,10,16,19,21,24-25,27,31,33,36-37,39-40,43,45,74H,4-6,8-9,11-15,17-18,20,22-23,26,28-30,32,34-35,38,41-42,44,46-73H2,1-3H3/b10-7-,19-16-,24-21-,27-25-,33-31-,37-36-,40-39-,45-43-. The molecule has 0 saturated carbocycles. The average molecular weight is 1160 g/mol. The Morgan fingerprint density at radius 2 is 0.470 bits per heavy atom. The highest BCUT2D eigenvalue weighted by molar-refractivity contribution is 5.71. The van der Waals surface area contributed by atoms with Crippen molar-refractivity contribution in [2.75, 3.05) is 13.2 Å². The SMILES string of the molecule is CC/C=C\C/C=C\C/C=C\C/C=C\C/C=C\C/C=C\C/C=C\CCCCCCCCCC(=O)OCC(COC(=O)CCCCCCC/C=C\CCCCCC)OC(=O)CCCCCCCCCCCCCCCCCCCCCCCCC. The van der Waals surface area contributed by atoms with Gasteiger partial charge in [-0.3, -0.25) is 14.4 Å². The lowest BCUT2D eigenvalue weighted by Crippen LogP contribution is -2.30. The summed E-state index contributed by atoms with van der Waals surface area (Å²) < 4.78 is 17.0. The summed E-state index contributed by atoms with van der Waals surface area (Å²) in [6.07, 6.45) is 95.8. The molecule has 0 aliphatic carbocycles. The summed E-state index contributed by atoms with van der Waals surface area (Å²) in [6.45, 7) is 6.54. The van der Waals surface area contributed by atoms with Crippen molar-refractivity contribution in [3.8, 4) is 0 Å². The van der Waals surface area contributed by atoms with E-state index >= 15 is 0 Å². The molecule has 6 nitrogen and oxygen atoms in total. The van der Waals surface area contributed by atoms with E-state index in [0.717, 1.165) is 116 Å². The maximum atomic E-state index is 13.0. The Hall–Kier alpha value is -3.67. The maximum Gasteiger partial charge on any atom is 0.306 e. The van der Waals surface area contributed by atoms with Crippen LogP contribution in [-0.4, -0.2) is 37.2 Å². The first kappa shape index (κ1) is 79.3. The second-order valence-corrected chi connectivity index (χ2v) is 23.8. The number of ether oxygens (including phenoxy) is 3. The predicted octanol–water partition coefficient (Wildman–Crippen LogP) is 24.8. The molecule has 0 saturated heterocycles. The Balaban J connectivity index is 4.30. The van der Waals surface area contributed by atoms with E-state index in [4.69, 9.17) is 14.2 Å². The number of esters is 3. The normalized spacial score (nSPS) is 12.7. The van der Waals surface area contributed by atoms with Crippen LogP contribution in [0.2, 0.25) is 0 Å². The van der Waals surface area contributed by atoms with Crippen LogP contribution >= 0.6 is 0 Å². The molecular weight excluding hydrogens is 1020 g/mol. The lowest BCUT2D eigenvalue weighted by atomic mass is 10.0. The molecule has 478 valence electrons. The number of hydrogen-bond donors (Lipinski definition) is 0. The molecule has 0 heterocycles. The molecule has 0 aromatic heterocycles. The number of hydrogen-bond acceptors (Lipinski definition) is 6. The van der Waals surface area contributed by atoms with E-state index < -0.39 is 6.10 Å². The van der Waals surface area contributed by atoms with E-state index in [0.29, 0.717) is 19.3 Å². The largest absolute Gasteiger partial charge is 0.462 e. The van der Waals surface area contributed by atoms with Crippen molar-refractivity contribution in [3.05, 3.63) is 97.2 Å². The molecular formula is C77H134O6. The predicted molar refractivity (Wildman–Crippen MR) is 362 cm³/mol. The maximum absolute atomic E-state index is 13.0. The van der Waals surface area contributed by atoms with Gasteiger partial charge in [0.25, 0.3) is 0 Å². The first-order valence-corrected chi connectivity index (χ1v) is 35.7. The molecule has 0 fully saturated rings. The molecule has 1 unspecified atom stereocenters. The van der Waals surface area contributed by atoms with Crippen molar-refractivity contribution in [3.63, 3.8) is 0 Å². The van der Waals surface area contributed by atoms with Gasteiger partial charge in [0.15, 0.2) is 6.10 Å². The first-order valence-electron chi connectivity index (χ1n) is 35.7. The number of rotatable bonds is 65. The van der Waals surface area contributed by atoms with Gasteiger partial charge < -0.3 is 14.2 Å². The lowest BCUT2D eigenvalue weighted by molar-refractivity contribution is -0.167. The topological polar surface area (TPSA) is 78.9 Å². The van der Waals surface area contributed by atoms with E-state index in [1.54, 1.807) is 0 Å². The third-order valence-electron chi connectivity index (χ3n) is 15.6. The summed E-state index contributed by atoms with van der Waals surface area (Å²) in [5, 5.41) is 0. The number of unbranched alkanes of at least 4 members (excludes halogenated alkanes) is 38. The minimum Gasteiger partial charge on any atom is -0.462 e. The van der Waals surface area contributed by atoms with Gasteiger partial charge in [0, 0.05) is 19.3 Å². The number of carbonyl (C=O) groups excluding carboxylic acids is 3. The quantitative estimate of drug-likeness (QED) is 0.0261. The van der Waals surface area contributed by atoms with E-state index in [9.17, 15) is 14.4 Å². The molecule has 0 bridgehead atoms. The van der Waals surface area contributed by atoms with Crippen molar-refractivity contribution in [2.24, 2.45) is 0 Å². The zero-order chi connectivity index (χ0) is 59.9. The van der Waals surface area contributed by atoms with Gasteiger partial charge in [0.05, 0.1) is 0 Å². The second-order valence-electron chi connectivity index (χ2n) is 23.8. The molecule has 1 atom stereocenters. The summed E-state index contributed by atoms with van der Waals surface area (Å²) in [6, 6.07) is 0. The summed E-state index contributed by atoms with van der Waals surface area (Å²) >= 11 is 0. The smallest absolute Gasteiger partial charge is 0.306 e. The van der Waals surface area contributed by atoms with E-state index in [1.165, 1.54) is 199 Å². The number of allylic oxidation sites excluding steroid dienone is 16. The third-order valence-corrected chi connectivity index (χ3v) is 15.6. The summed E-state index contributed by atoms with van der Waals surface area (Å²) in [5.74, 6) is -0.883. The van der Waals surface area contributed by atoms with Gasteiger partial charge >= 0.3 is 17.9 Å². The van der Waals surface area contributed by atoms with Crippen molar-refractivity contribution in [2.45, 2.75) is 361 Å². The molecule has 0 rings (SSSR count). The molecule has 0 amide bonds. The van der Waals surface area contributed by atoms with Crippen LogP contribution in [0.5, 0.6) is 0 Å². The number of carbonyl (C=O) groups is 3. The van der Waals surface area contributed by atoms with Crippen LogP contribution < -0.4 is 0 Å². The molecule has 6 heteroatoms. The van der Waals surface area contributed by atoms with Crippen molar-refractivity contribution in [1.29, 1.82) is 0 Å². The van der Waals surface area contributed by atoms with Gasteiger partial charge in [-0.15, -0.1) is 0 Å². The van der Waals surface area contributed by atoms with Crippen molar-refractivity contribution < 1.29 is 28.6 Å². The fraction of sp³-hybridized carbons (Fsp3) is 0.753. The molecule has 83 heavy (non-hydrogen) atoms. The average Bonchev–Trinajstić information content (AvgIpc) is 3.49. The van der Waals surface area contributed by atoms with Gasteiger partial charge in [-0.1, -0.05) is 330 Å². The molecule has 0 aromatic rings. The van der Waals surface area contributed by atoms with E-state index in [1.807, 2.05) is 0 Å². The minimum atomic E-state index is -0.786. The van der Waals surface area contributed by atoms with Crippen LogP contribution in [0.25, 0.3) is 0 Å². The molecule has 0 spiro atoms. The van der Waals surface area contributed by atoms with E-state index in [2.05, 4.69) is 118 Å². The van der Waals surface area contributed by atoms with Crippen LogP contribution in [0.1, 0.15) is 355 Å². The second kappa shape index (κ2) is 70.8. The third kappa shape index (κ3) is 69.0. The highest BCUT2D eigenvalue weighted by Crippen LogP contribution is 2.18. The van der Waals surface area contributed by atoms with Gasteiger partial charge in [-0.05, 0) is 103 Å². The Bertz CT molecular complexity index is 1610. The van der Waals surface area contributed by atoms with Crippen LogP contribution in [0, 0.1) is 0 Å². The van der Waals surface area contributed by atoms with Gasteiger partial charge in [-0.25, -0.2) is 0 Å². The zero-order valence-corrected chi connectivity index (χ0v) is 54.9. The highest BCUT2D eigenvalue weighted by Gasteiger charge is 2.19. The monoisotopic (exact) mass is 1160 g/mol. The summed E-state index contributed by atoms with van der Waals surface area (Å²) in [4.78, 5) is 38.4. The minimum absolute atomic E-state index is 0.0820. The van der Waals surface area contributed by atoms with Crippen LogP contribution in [-0.2, 0) is 28.6 Å². The van der Waals surface area contributed by atoms with Gasteiger partial charge in [0.2, 0.25) is 0 Å². The summed E-state index contributed by atoms with van der Waals surface area (Å²) in [7, 11) is 0. The Morgan fingerprint density at radius 1 is 0.253 bits per heavy atom. The Labute approximate surface area is 515 Å². The molecule has 0 aliphatic heterocycles. The molecule has 0 aromatic carbocycles. The van der Waals surface area contributed by atoms with E-state index in [-0.39, 0.29) is 31.1 Å². The Morgan fingerprint density at radius 3 is 0.759 bits per heavy atom. The van der Waals surface area contributed by atoms with Crippen LogP contribution in [0.15, 0.2) is 97.2 Å². The highest BCUT2D eigenvalue weighted by atomic mass is 16.6. The van der Waals surface area contributed by atoms with Crippen molar-refractivity contribution in [1.82, 2.24) is 0 Å². The molecule has 0 radical (unpaired) electrons. The molecule has 0 N–H and O–H groups in total. The van der Waals surface area contributed by atoms with Crippen LogP contribution in [0.3, 0.4) is 0 Å². The first-order chi connectivity index (χ1) is 41.0. The summed E-state index contributed by atoms with van der Waals surface area (Å²) in [5.41, 5.74) is 0. The fourth-order valence-electron chi connectivity index (χ4n) is 10.2. The van der Waals surface area contributed by atoms with Gasteiger partial charge in [0.1, 0.15) is 13.2 Å². The Kier molecular flexibility index (Phi) is 67.7.